The van der Waals surface area contributed by atoms with Crippen molar-refractivity contribution in [1.82, 2.24) is 10.6 Å². The predicted molar refractivity (Wildman–Crippen MR) is 112 cm³/mol. The van der Waals surface area contributed by atoms with Crippen molar-refractivity contribution < 1.29 is 9.47 Å². The van der Waals surface area contributed by atoms with Gasteiger partial charge in [-0.2, -0.15) is 0 Å². The molecule has 3 rings (SSSR count). The van der Waals surface area contributed by atoms with Crippen LogP contribution in [0.25, 0.3) is 0 Å². The summed E-state index contributed by atoms with van der Waals surface area (Å²) in [6, 6.07) is 10.8. The Hall–Kier alpha value is -0.860. The molecule has 1 aliphatic heterocycles. The number of guanidine groups is 1. The van der Waals surface area contributed by atoms with Crippen molar-refractivity contribution in [2.45, 2.75) is 31.3 Å². The van der Waals surface area contributed by atoms with E-state index in [1.165, 1.54) is 12.0 Å². The summed E-state index contributed by atoms with van der Waals surface area (Å²) in [5, 5.41) is 6.80. The van der Waals surface area contributed by atoms with Crippen molar-refractivity contribution in [3.05, 3.63) is 35.9 Å². The normalized spacial score (nSPS) is 25.3. The molecule has 1 aromatic rings. The predicted octanol–water partition coefficient (Wildman–Crippen LogP) is 2.77. The van der Waals surface area contributed by atoms with Crippen LogP contribution in [0.15, 0.2) is 35.3 Å². The molecule has 5 nitrogen and oxygen atoms in total. The fourth-order valence-corrected chi connectivity index (χ4v) is 3.20. The van der Waals surface area contributed by atoms with Gasteiger partial charge in [0.1, 0.15) is 0 Å². The Bertz CT molecular complexity index is 521. The Labute approximate surface area is 168 Å². The minimum atomic E-state index is 0. The minimum Gasteiger partial charge on any atom is -0.379 e. The summed E-state index contributed by atoms with van der Waals surface area (Å²) in [6.45, 7) is 4.22. The summed E-state index contributed by atoms with van der Waals surface area (Å²) < 4.78 is 11.1. The zero-order chi connectivity index (χ0) is 16.6. The fourth-order valence-electron chi connectivity index (χ4n) is 3.20. The lowest BCUT2D eigenvalue weighted by Crippen LogP contribution is -2.39. The molecule has 0 spiro atoms. The lowest BCUT2D eigenvalue weighted by atomic mass is 10.1. The largest absolute Gasteiger partial charge is 0.379 e. The molecule has 140 valence electrons. The Morgan fingerprint density at radius 1 is 1.28 bits per heavy atom. The van der Waals surface area contributed by atoms with E-state index in [1.807, 2.05) is 7.05 Å². The molecular weight excluding hydrogens is 429 g/mol. The highest BCUT2D eigenvalue weighted by atomic mass is 127. The third-order valence-corrected chi connectivity index (χ3v) is 4.76. The van der Waals surface area contributed by atoms with Gasteiger partial charge in [0.05, 0.1) is 12.7 Å². The summed E-state index contributed by atoms with van der Waals surface area (Å²) in [4.78, 5) is 4.29. The number of nitrogens with one attached hydrogen (secondary N) is 2. The molecule has 0 aromatic heterocycles. The van der Waals surface area contributed by atoms with Gasteiger partial charge >= 0.3 is 0 Å². The molecule has 1 aliphatic carbocycles. The van der Waals surface area contributed by atoms with E-state index in [9.17, 15) is 0 Å². The van der Waals surface area contributed by atoms with Crippen molar-refractivity contribution >= 4 is 29.9 Å². The number of aliphatic imine (C=N–C) groups is 1. The minimum absolute atomic E-state index is 0. The average Bonchev–Trinajstić information content (AvgIpc) is 3.22. The van der Waals surface area contributed by atoms with Crippen molar-refractivity contribution in [1.29, 1.82) is 0 Å². The maximum absolute atomic E-state index is 5.76. The zero-order valence-electron chi connectivity index (χ0n) is 14.9. The molecule has 1 saturated carbocycles. The second kappa shape index (κ2) is 11.0. The monoisotopic (exact) mass is 459 g/mol. The molecule has 2 N–H and O–H groups in total. The highest BCUT2D eigenvalue weighted by Crippen LogP contribution is 2.46. The number of nitrogens with zero attached hydrogens (tertiary/aromatic N) is 1. The lowest BCUT2D eigenvalue weighted by molar-refractivity contribution is 0.0420. The second-order valence-electron chi connectivity index (χ2n) is 6.60. The zero-order valence-corrected chi connectivity index (χ0v) is 17.3. The number of halogens is 1. The van der Waals surface area contributed by atoms with Crippen molar-refractivity contribution in [3.8, 4) is 0 Å². The number of hydrogen-bond donors (Lipinski definition) is 2. The van der Waals surface area contributed by atoms with Gasteiger partial charge in [-0.25, -0.2) is 0 Å². The van der Waals surface area contributed by atoms with Crippen LogP contribution < -0.4 is 10.6 Å². The van der Waals surface area contributed by atoms with Gasteiger partial charge in [-0.1, -0.05) is 30.3 Å². The first-order valence-electron chi connectivity index (χ1n) is 9.05. The molecule has 1 saturated heterocycles. The van der Waals surface area contributed by atoms with Crippen molar-refractivity contribution in [2.24, 2.45) is 10.9 Å². The number of rotatable bonds is 8. The van der Waals surface area contributed by atoms with Gasteiger partial charge < -0.3 is 20.1 Å². The first kappa shape index (κ1) is 20.5. The Morgan fingerprint density at radius 3 is 2.84 bits per heavy atom. The van der Waals surface area contributed by atoms with Crippen LogP contribution in [0.3, 0.4) is 0 Å². The van der Waals surface area contributed by atoms with E-state index in [2.05, 4.69) is 46.0 Å². The smallest absolute Gasteiger partial charge is 0.190 e. The van der Waals surface area contributed by atoms with Crippen LogP contribution >= 0.6 is 24.0 Å². The van der Waals surface area contributed by atoms with E-state index < -0.39 is 0 Å². The van der Waals surface area contributed by atoms with E-state index in [4.69, 9.17) is 9.47 Å². The van der Waals surface area contributed by atoms with Crippen LogP contribution in [0.2, 0.25) is 0 Å². The van der Waals surface area contributed by atoms with Crippen molar-refractivity contribution in [2.75, 3.05) is 40.0 Å². The van der Waals surface area contributed by atoms with E-state index in [0.29, 0.717) is 12.0 Å². The molecule has 0 bridgehead atoms. The second-order valence-corrected chi connectivity index (χ2v) is 6.60. The van der Waals surface area contributed by atoms with Crippen LogP contribution in [0.5, 0.6) is 0 Å². The highest BCUT2D eigenvalue weighted by Gasteiger charge is 2.37. The highest BCUT2D eigenvalue weighted by molar-refractivity contribution is 14.0. The van der Waals surface area contributed by atoms with E-state index in [1.54, 1.807) is 0 Å². The van der Waals surface area contributed by atoms with Gasteiger partial charge in [0.15, 0.2) is 5.96 Å². The number of ether oxygens (including phenoxy) is 2. The fraction of sp³-hybridized carbons (Fsp3) is 0.632. The molecule has 2 fully saturated rings. The quantitative estimate of drug-likeness (QED) is 0.272. The SMILES string of the molecule is CN=C(NCCCOC1CCOC1)NCC1CC1c1ccccc1.I. The molecule has 0 radical (unpaired) electrons. The van der Waals surface area contributed by atoms with Crippen LogP contribution in [0.4, 0.5) is 0 Å². The molecule has 1 heterocycles. The summed E-state index contributed by atoms with van der Waals surface area (Å²) in [5.74, 6) is 2.31. The van der Waals surface area contributed by atoms with Gasteiger partial charge in [-0.3, -0.25) is 4.99 Å². The van der Waals surface area contributed by atoms with E-state index >= 15 is 0 Å². The maximum Gasteiger partial charge on any atom is 0.190 e. The first-order valence-corrected chi connectivity index (χ1v) is 9.05. The maximum atomic E-state index is 5.76. The standard InChI is InChI=1S/C19H29N3O2.HI/c1-20-19(21-9-5-10-24-17-8-11-23-14-17)22-13-16-12-18(16)15-6-3-2-4-7-15;/h2-4,6-7,16-18H,5,8-14H2,1H3,(H2,20,21,22);1H. The molecule has 6 heteroatoms. The molecule has 3 unspecified atom stereocenters. The molecule has 0 amide bonds. The van der Waals surface area contributed by atoms with Gasteiger partial charge in [-0.15, -0.1) is 24.0 Å². The Balaban J connectivity index is 0.00000225. The third kappa shape index (κ3) is 6.75. The molecular formula is C19H30IN3O2. The summed E-state index contributed by atoms with van der Waals surface area (Å²) in [7, 11) is 1.82. The topological polar surface area (TPSA) is 54.9 Å². The molecule has 2 aliphatic rings. The molecule has 3 atom stereocenters. The number of hydrogen-bond acceptors (Lipinski definition) is 3. The summed E-state index contributed by atoms with van der Waals surface area (Å²) >= 11 is 0. The van der Waals surface area contributed by atoms with E-state index in [0.717, 1.165) is 57.6 Å². The average molecular weight is 459 g/mol. The summed E-state index contributed by atoms with van der Waals surface area (Å²) in [6.07, 6.45) is 3.58. The lowest BCUT2D eigenvalue weighted by Gasteiger charge is -2.13. The van der Waals surface area contributed by atoms with Gasteiger partial charge in [0.25, 0.3) is 0 Å². The van der Waals surface area contributed by atoms with Gasteiger partial charge in [-0.05, 0) is 36.7 Å². The van der Waals surface area contributed by atoms with Crippen LogP contribution in [0.1, 0.15) is 30.7 Å². The number of benzene rings is 1. The Kier molecular flexibility index (Phi) is 8.98. The van der Waals surface area contributed by atoms with Crippen LogP contribution in [-0.2, 0) is 9.47 Å². The van der Waals surface area contributed by atoms with E-state index in [-0.39, 0.29) is 24.0 Å². The van der Waals surface area contributed by atoms with Crippen molar-refractivity contribution in [3.63, 3.8) is 0 Å². The Morgan fingerprint density at radius 2 is 2.12 bits per heavy atom. The summed E-state index contributed by atoms with van der Waals surface area (Å²) in [5.41, 5.74) is 1.46. The third-order valence-electron chi connectivity index (χ3n) is 4.76. The van der Waals surface area contributed by atoms with Gasteiger partial charge in [0, 0.05) is 33.4 Å². The first-order chi connectivity index (χ1) is 11.9. The van der Waals surface area contributed by atoms with Gasteiger partial charge in [0.2, 0.25) is 0 Å². The van der Waals surface area contributed by atoms with Crippen LogP contribution in [-0.4, -0.2) is 52.0 Å². The molecule has 1 aromatic carbocycles. The van der Waals surface area contributed by atoms with Crippen LogP contribution in [0, 0.1) is 5.92 Å². The molecule has 25 heavy (non-hydrogen) atoms.